The molecule has 12 bridgehead atoms. The Hall–Kier alpha value is -9.41. The van der Waals surface area contributed by atoms with Gasteiger partial charge in [0.15, 0.2) is 85.7 Å². The van der Waals surface area contributed by atoms with Gasteiger partial charge in [-0.15, -0.1) is 0 Å². The molecule has 666 valence electrons. The summed E-state index contributed by atoms with van der Waals surface area (Å²) >= 11 is 0. The van der Waals surface area contributed by atoms with Crippen molar-refractivity contribution < 1.29 is 42.7 Å². The van der Waals surface area contributed by atoms with Crippen LogP contribution in [0.3, 0.4) is 0 Å². The van der Waals surface area contributed by atoms with Crippen molar-refractivity contribution in [2.75, 3.05) is 27.0 Å². The number of rotatable bonds is 27. The first-order valence-corrected chi connectivity index (χ1v) is 52.3. The molecule has 0 N–H and O–H groups in total. The van der Waals surface area contributed by atoms with Crippen LogP contribution in [0.2, 0.25) is 0 Å². The fourth-order valence-corrected chi connectivity index (χ4v) is 32.5. The van der Waals surface area contributed by atoms with E-state index < -0.39 is 5.60 Å². The van der Waals surface area contributed by atoms with Crippen LogP contribution in [0.1, 0.15) is 145 Å². The third-order valence-corrected chi connectivity index (χ3v) is 37.2. The van der Waals surface area contributed by atoms with Crippen LogP contribution < -0.4 is 18.9 Å². The molecule has 0 saturated heterocycles. The molecular weight excluding hydrogens is 1670 g/mol. The molecule has 0 radical (unpaired) electrons. The van der Waals surface area contributed by atoms with Crippen LogP contribution in [0.5, 0.6) is 23.0 Å². The highest BCUT2D eigenvalue weighted by Crippen LogP contribution is 2.58. The smallest absolute Gasteiger partial charge is 0.344 e. The lowest BCUT2D eigenvalue weighted by atomic mass is 9.55. The number of benzene rings is 12. The van der Waals surface area contributed by atoms with Crippen molar-refractivity contribution in [3.63, 3.8) is 0 Å². The standard InChI is InChI=1S/C31H35O2S.C30H33O2S.C29H31O2S.C26H29O3S/c1-21-13-29(34(27-9-5-3-6-10-27)28-11-7-4-8-12-28)14-22(2)30(21)32-20-33-31-25-16-23-15-24(18-25)19-26(31)17-23;1-21-14-26(31-20-32-30-24-16-22-15-23(18-24)19-25(30)17-22)12-13-29(21)33(27-8-4-2-5-9-27)28-10-6-3-7-11-28;1-3-7-26(8-4-1)32(27-9-5-2-6-10-27)28-13-11-25(12-14-28)30-20-31-29-23-16-21-15-22(18-23)19-24(29)17-21;1-19-16-23(17-20(2)25(19)28-18-24(27)29-26(3,4)5)30(21-12-8-6-9-13-21)22-14-10-7-11-15-22/h3-14,23-26,31H,15-20H2,1-2H3;2-14,22-25,30H,15-20H2,1H3;1-14,21-24,29H,15-20H2;6-17H,18H2,1-5H3/q4*+1. The first-order valence-electron chi connectivity index (χ1n) is 47.4. The number of hydrogen-bond donors (Lipinski definition) is 0. The number of hydrogen-bond acceptors (Lipinski definition) is 9. The Balaban J connectivity index is 0.000000116. The second kappa shape index (κ2) is 42.0. The monoisotopic (exact) mass is 1790 g/mol. The molecule has 12 fully saturated rings. The zero-order valence-electron chi connectivity index (χ0n) is 76.3. The highest BCUT2D eigenvalue weighted by atomic mass is 32.2. The van der Waals surface area contributed by atoms with Gasteiger partial charge in [-0.2, -0.15) is 0 Å². The summed E-state index contributed by atoms with van der Waals surface area (Å²) in [4.78, 5) is 27.8. The molecule has 129 heavy (non-hydrogen) atoms. The van der Waals surface area contributed by atoms with E-state index in [1.165, 1.54) is 172 Å². The van der Waals surface area contributed by atoms with Crippen LogP contribution in [0, 0.1) is 106 Å². The Bertz CT molecular complexity index is 5320. The van der Waals surface area contributed by atoms with Gasteiger partial charge in [-0.1, -0.05) is 146 Å². The molecule has 13 heteroatoms. The Labute approximate surface area is 779 Å². The molecule has 0 heterocycles. The highest BCUT2D eigenvalue weighted by molar-refractivity contribution is 7.98. The second-order valence-corrected chi connectivity index (χ2v) is 46.8. The van der Waals surface area contributed by atoms with Crippen LogP contribution in [-0.2, 0) is 67.3 Å². The summed E-state index contributed by atoms with van der Waals surface area (Å²) in [6.07, 6.45) is 22.3. The van der Waals surface area contributed by atoms with E-state index in [2.05, 4.69) is 318 Å². The largest absolute Gasteiger partial charge is 0.481 e. The van der Waals surface area contributed by atoms with Crippen molar-refractivity contribution in [1.29, 1.82) is 0 Å². The van der Waals surface area contributed by atoms with Gasteiger partial charge in [-0.05, 0) is 384 Å². The van der Waals surface area contributed by atoms with E-state index >= 15 is 0 Å². The van der Waals surface area contributed by atoms with Gasteiger partial charge in [0.1, 0.15) is 28.6 Å². The maximum absolute atomic E-state index is 12.1. The van der Waals surface area contributed by atoms with Gasteiger partial charge in [-0.3, -0.25) is 0 Å². The summed E-state index contributed by atoms with van der Waals surface area (Å²) in [6.45, 7) is 17.2. The topological polar surface area (TPSA) is 90.9 Å². The Morgan fingerprint density at radius 3 is 0.798 bits per heavy atom. The zero-order chi connectivity index (χ0) is 88.3. The molecular formula is C116H128O9S4+4. The number of esters is 1. The minimum Gasteiger partial charge on any atom is -0.481 e. The average molecular weight is 1790 g/mol. The minimum absolute atomic E-state index is 0.0959. The van der Waals surface area contributed by atoms with Gasteiger partial charge in [-0.25, -0.2) is 4.79 Å². The summed E-state index contributed by atoms with van der Waals surface area (Å²) in [6, 6.07) is 110. The second-order valence-electron chi connectivity index (χ2n) is 38.7. The molecule has 12 aromatic carbocycles. The highest BCUT2D eigenvalue weighted by Gasteiger charge is 2.52. The maximum Gasteiger partial charge on any atom is 0.344 e. The third-order valence-electron chi connectivity index (χ3n) is 28.2. The number of ether oxygens (including phenoxy) is 8. The van der Waals surface area contributed by atoms with E-state index in [-0.39, 0.29) is 56.2 Å². The van der Waals surface area contributed by atoms with E-state index in [1.807, 2.05) is 46.8 Å². The first kappa shape index (κ1) is 90.1. The van der Waals surface area contributed by atoms with Gasteiger partial charge < -0.3 is 37.9 Å². The molecule has 0 unspecified atom stereocenters. The molecule has 12 aromatic rings. The Kier molecular flexibility index (Phi) is 29.4. The lowest BCUT2D eigenvalue weighted by molar-refractivity contribution is -0.157. The van der Waals surface area contributed by atoms with Gasteiger partial charge in [0, 0.05) is 29.8 Å². The first-order chi connectivity index (χ1) is 63.0. The van der Waals surface area contributed by atoms with Crippen molar-refractivity contribution in [2.45, 2.75) is 234 Å². The molecule has 0 aliphatic heterocycles. The van der Waals surface area contributed by atoms with Crippen molar-refractivity contribution in [3.8, 4) is 23.0 Å². The molecule has 0 atom stereocenters. The normalized spacial score (nSPS) is 24.0. The zero-order valence-corrected chi connectivity index (χ0v) is 79.6. The lowest BCUT2D eigenvalue weighted by Crippen LogP contribution is -2.49. The number of aryl methyl sites for hydroxylation is 5. The number of carbonyl (C=O) groups is 1. The van der Waals surface area contributed by atoms with Crippen LogP contribution >= 0.6 is 0 Å². The predicted molar refractivity (Wildman–Crippen MR) is 523 cm³/mol. The molecule has 0 spiro atoms. The van der Waals surface area contributed by atoms with Crippen LogP contribution in [0.25, 0.3) is 0 Å². The molecule has 24 rings (SSSR count). The molecule has 12 aliphatic rings. The molecule has 0 aromatic heterocycles. The van der Waals surface area contributed by atoms with E-state index in [4.69, 9.17) is 37.9 Å². The van der Waals surface area contributed by atoms with E-state index in [0.717, 1.165) is 105 Å². The maximum atomic E-state index is 12.1. The quantitative estimate of drug-likeness (QED) is 0.0284. The van der Waals surface area contributed by atoms with E-state index in [9.17, 15) is 4.79 Å². The van der Waals surface area contributed by atoms with E-state index in [1.54, 1.807) is 0 Å². The predicted octanol–water partition coefficient (Wildman–Crippen LogP) is 27.9. The average Bonchev–Trinajstić information content (AvgIpc) is 0.764. The fraction of sp³-hybridized carbons (Fsp3) is 0.371. The van der Waals surface area contributed by atoms with Gasteiger partial charge in [0.2, 0.25) is 0 Å². The SMILES string of the molecule is Cc1cc(OCOC2C3CC4CC(C3)CC2C4)ccc1[S+](c1ccccc1)c1ccccc1.Cc1cc([S+](c2ccccc2)c2ccccc2)cc(C)c1OCC(=O)OC(C)(C)C.Cc1cc([S+](c2ccccc2)c2ccccc2)cc(C)c1OCOC1C2CC3CC(C2)CC1C3.c1ccc([S+](c2ccccc2)c2ccc(OCOC3C4CC5CC(C4)CC3C5)cc2)cc1. The number of carbonyl (C=O) groups excluding carboxylic acids is 1. The summed E-state index contributed by atoms with van der Waals surface area (Å²) in [5, 5.41) is 0. The minimum atomic E-state index is -0.520. The van der Waals surface area contributed by atoms with Crippen molar-refractivity contribution in [3.05, 3.63) is 337 Å². The van der Waals surface area contributed by atoms with Crippen molar-refractivity contribution in [1.82, 2.24) is 0 Å². The molecule has 9 nitrogen and oxygen atoms in total. The van der Waals surface area contributed by atoms with Crippen LogP contribution in [0.4, 0.5) is 0 Å². The Morgan fingerprint density at radius 1 is 0.264 bits per heavy atom. The molecule has 0 amide bonds. The summed E-state index contributed by atoms with van der Waals surface area (Å²) in [5.41, 5.74) is 5.14. The summed E-state index contributed by atoms with van der Waals surface area (Å²) < 4.78 is 48.8. The van der Waals surface area contributed by atoms with Crippen LogP contribution in [0.15, 0.2) is 368 Å². The van der Waals surface area contributed by atoms with Crippen molar-refractivity contribution in [2.24, 2.45) is 71.0 Å². The van der Waals surface area contributed by atoms with Crippen molar-refractivity contribution >= 4 is 49.5 Å². The fourth-order valence-electron chi connectivity index (χ4n) is 23.7. The third kappa shape index (κ3) is 22.2. The molecule has 12 saturated carbocycles. The summed E-state index contributed by atoms with van der Waals surface area (Å²) in [5.74, 6) is 13.7. The summed E-state index contributed by atoms with van der Waals surface area (Å²) in [7, 11) is -0.614. The van der Waals surface area contributed by atoms with Crippen LogP contribution in [-0.4, -0.2) is 56.9 Å². The Morgan fingerprint density at radius 2 is 0.512 bits per heavy atom. The van der Waals surface area contributed by atoms with Gasteiger partial charge in [0.05, 0.1) is 61.9 Å². The van der Waals surface area contributed by atoms with Gasteiger partial charge >= 0.3 is 5.97 Å². The lowest BCUT2D eigenvalue weighted by Gasteiger charge is -2.53. The van der Waals surface area contributed by atoms with Gasteiger partial charge in [0.25, 0.3) is 0 Å². The van der Waals surface area contributed by atoms with E-state index in [0.29, 0.717) is 38.7 Å². The molecule has 12 aliphatic carbocycles.